The quantitative estimate of drug-likeness (QED) is 0.372. The van der Waals surface area contributed by atoms with Crippen LogP contribution in [0.2, 0.25) is 0 Å². The van der Waals surface area contributed by atoms with Crippen molar-refractivity contribution >= 4 is 22.6 Å². The zero-order valence-corrected chi connectivity index (χ0v) is 20.5. The first-order valence-corrected chi connectivity index (χ1v) is 12.3. The van der Waals surface area contributed by atoms with E-state index >= 15 is 0 Å². The van der Waals surface area contributed by atoms with Gasteiger partial charge in [-0.25, -0.2) is 4.39 Å². The van der Waals surface area contributed by atoms with Crippen LogP contribution in [0.15, 0.2) is 66.7 Å². The van der Waals surface area contributed by atoms with Crippen LogP contribution in [0.5, 0.6) is 11.5 Å². The zero-order chi connectivity index (χ0) is 23.0. The molecule has 0 aliphatic carbocycles. The molecule has 0 radical (unpaired) electrons. The summed E-state index contributed by atoms with van der Waals surface area (Å²) in [7, 11) is 0. The molecule has 0 saturated carbocycles. The Morgan fingerprint density at radius 1 is 1.00 bits per heavy atom. The molecular weight excluding hydrogens is 534 g/mol. The maximum absolute atomic E-state index is 13.7. The minimum atomic E-state index is -1.25. The largest absolute Gasteiger partial charge is 0.484 e. The third-order valence-corrected chi connectivity index (χ3v) is 7.21. The minimum Gasteiger partial charge on any atom is -0.484 e. The van der Waals surface area contributed by atoms with Crippen molar-refractivity contribution in [2.45, 2.75) is 50.1 Å². The summed E-state index contributed by atoms with van der Waals surface area (Å²) in [6.45, 7) is 2.50. The Balaban J connectivity index is 1.55. The molecule has 1 saturated heterocycles. The van der Waals surface area contributed by atoms with Crippen molar-refractivity contribution in [3.8, 4) is 11.5 Å². The van der Waals surface area contributed by atoms with Gasteiger partial charge < -0.3 is 19.3 Å². The number of benzene rings is 3. The first kappa shape index (κ1) is 22.6. The monoisotopic (exact) mass is 560 g/mol. The van der Waals surface area contributed by atoms with Gasteiger partial charge >= 0.3 is 0 Å². The summed E-state index contributed by atoms with van der Waals surface area (Å²) in [5.74, 6) is 0.487. The second-order valence-corrected chi connectivity index (χ2v) is 10.1. The van der Waals surface area contributed by atoms with E-state index in [1.54, 1.807) is 19.1 Å². The Morgan fingerprint density at radius 3 is 2.42 bits per heavy atom. The van der Waals surface area contributed by atoms with Gasteiger partial charge in [-0.1, -0.05) is 24.3 Å². The summed E-state index contributed by atoms with van der Waals surface area (Å²) in [4.78, 5) is 0. The third kappa shape index (κ3) is 4.61. The third-order valence-electron chi connectivity index (χ3n) is 6.49. The molecule has 0 spiro atoms. The van der Waals surface area contributed by atoms with Gasteiger partial charge in [0.15, 0.2) is 6.29 Å². The van der Waals surface area contributed by atoms with Gasteiger partial charge in [0.2, 0.25) is 0 Å². The SMILES string of the molecule is CC1(O)c2ccc(OC3CCCCO3)cc2OC(c2ccc(I)cc2)C1c1ccc(F)cc1. The number of aliphatic hydroxyl groups is 1. The molecule has 3 aromatic carbocycles. The Bertz CT molecular complexity index is 1110. The van der Waals surface area contributed by atoms with E-state index in [1.807, 2.05) is 42.5 Å². The maximum atomic E-state index is 13.7. The number of fused-ring (bicyclic) bond motifs is 1. The predicted octanol–water partition coefficient (Wildman–Crippen LogP) is 6.46. The van der Waals surface area contributed by atoms with Crippen LogP contribution in [0.4, 0.5) is 4.39 Å². The average Bonchev–Trinajstić information content (AvgIpc) is 2.81. The maximum Gasteiger partial charge on any atom is 0.199 e. The van der Waals surface area contributed by atoms with Gasteiger partial charge in [0.25, 0.3) is 0 Å². The summed E-state index contributed by atoms with van der Waals surface area (Å²) in [6.07, 6.45) is 2.26. The van der Waals surface area contributed by atoms with Gasteiger partial charge in [-0.05, 0) is 89.9 Å². The lowest BCUT2D eigenvalue weighted by atomic mass is 9.71. The van der Waals surface area contributed by atoms with Gasteiger partial charge in [0.05, 0.1) is 12.5 Å². The van der Waals surface area contributed by atoms with Crippen LogP contribution in [-0.4, -0.2) is 18.0 Å². The topological polar surface area (TPSA) is 47.9 Å². The van der Waals surface area contributed by atoms with Crippen molar-refractivity contribution in [2.75, 3.05) is 6.61 Å². The Hall–Kier alpha value is -2.16. The summed E-state index contributed by atoms with van der Waals surface area (Å²) in [5, 5.41) is 11.9. The van der Waals surface area contributed by atoms with E-state index in [0.29, 0.717) is 23.7 Å². The molecule has 1 N–H and O–H groups in total. The number of hydrogen-bond donors (Lipinski definition) is 1. The lowest BCUT2D eigenvalue weighted by Gasteiger charge is -2.44. The number of ether oxygens (including phenoxy) is 3. The Kier molecular flexibility index (Phi) is 6.33. The predicted molar refractivity (Wildman–Crippen MR) is 132 cm³/mol. The lowest BCUT2D eigenvalue weighted by molar-refractivity contribution is -0.106. The van der Waals surface area contributed by atoms with Crippen molar-refractivity contribution in [1.29, 1.82) is 0 Å². The lowest BCUT2D eigenvalue weighted by Crippen LogP contribution is -2.40. The fraction of sp³-hybridized carbons (Fsp3) is 0.333. The molecule has 1 fully saturated rings. The fourth-order valence-corrected chi connectivity index (χ4v) is 5.16. The van der Waals surface area contributed by atoms with E-state index in [0.717, 1.165) is 34.0 Å². The van der Waals surface area contributed by atoms with E-state index < -0.39 is 17.6 Å². The van der Waals surface area contributed by atoms with Crippen LogP contribution in [0.25, 0.3) is 0 Å². The van der Waals surface area contributed by atoms with Crippen molar-refractivity contribution in [3.63, 3.8) is 0 Å². The fourth-order valence-electron chi connectivity index (χ4n) is 4.80. The molecule has 2 aliphatic heterocycles. The van der Waals surface area contributed by atoms with Gasteiger partial charge in [-0.2, -0.15) is 0 Å². The molecule has 0 aromatic heterocycles. The van der Waals surface area contributed by atoms with Gasteiger partial charge in [0, 0.05) is 21.6 Å². The highest BCUT2D eigenvalue weighted by molar-refractivity contribution is 14.1. The van der Waals surface area contributed by atoms with Gasteiger partial charge in [-0.3, -0.25) is 0 Å². The molecule has 172 valence electrons. The van der Waals surface area contributed by atoms with Crippen LogP contribution < -0.4 is 9.47 Å². The Labute approximate surface area is 206 Å². The summed E-state index contributed by atoms with van der Waals surface area (Å²) in [6, 6.07) is 19.9. The molecule has 33 heavy (non-hydrogen) atoms. The van der Waals surface area contributed by atoms with E-state index in [-0.39, 0.29) is 12.1 Å². The van der Waals surface area contributed by atoms with Crippen molar-refractivity contribution < 1.29 is 23.7 Å². The molecule has 0 amide bonds. The zero-order valence-electron chi connectivity index (χ0n) is 18.3. The van der Waals surface area contributed by atoms with Crippen molar-refractivity contribution in [2.24, 2.45) is 0 Å². The molecule has 4 atom stereocenters. The van der Waals surface area contributed by atoms with Crippen LogP contribution in [0, 0.1) is 9.39 Å². The average molecular weight is 560 g/mol. The van der Waals surface area contributed by atoms with Crippen LogP contribution in [-0.2, 0) is 10.3 Å². The molecular formula is C27H26FIO4. The highest BCUT2D eigenvalue weighted by atomic mass is 127. The normalized spacial score (nSPS) is 26.8. The first-order chi connectivity index (χ1) is 15.9. The number of halogens is 2. The first-order valence-electron chi connectivity index (χ1n) is 11.2. The van der Waals surface area contributed by atoms with Crippen molar-refractivity contribution in [1.82, 2.24) is 0 Å². The molecule has 4 nitrogen and oxygen atoms in total. The number of rotatable bonds is 4. The smallest absolute Gasteiger partial charge is 0.199 e. The highest BCUT2D eigenvalue weighted by Crippen LogP contribution is 2.54. The molecule has 3 aromatic rings. The van der Waals surface area contributed by atoms with Crippen molar-refractivity contribution in [3.05, 3.63) is 92.8 Å². The van der Waals surface area contributed by atoms with E-state index in [4.69, 9.17) is 14.2 Å². The van der Waals surface area contributed by atoms with E-state index in [9.17, 15) is 9.50 Å². The van der Waals surface area contributed by atoms with Crippen LogP contribution in [0.3, 0.4) is 0 Å². The summed E-state index contributed by atoms with van der Waals surface area (Å²) in [5.41, 5.74) is 1.18. The minimum absolute atomic E-state index is 0.264. The van der Waals surface area contributed by atoms with E-state index in [2.05, 4.69) is 22.6 Å². The van der Waals surface area contributed by atoms with Gasteiger partial charge in [-0.15, -0.1) is 0 Å². The number of hydrogen-bond acceptors (Lipinski definition) is 4. The van der Waals surface area contributed by atoms with Crippen LogP contribution >= 0.6 is 22.6 Å². The summed E-state index contributed by atoms with van der Waals surface area (Å²) < 4.78 is 33.1. The molecule has 6 heteroatoms. The Morgan fingerprint density at radius 2 is 1.73 bits per heavy atom. The second kappa shape index (κ2) is 9.24. The van der Waals surface area contributed by atoms with E-state index in [1.165, 1.54) is 12.1 Å². The molecule has 0 bridgehead atoms. The van der Waals surface area contributed by atoms with Gasteiger partial charge in [0.1, 0.15) is 29.0 Å². The molecule has 4 unspecified atom stereocenters. The molecule has 2 aliphatic rings. The highest BCUT2D eigenvalue weighted by Gasteiger charge is 2.47. The standard InChI is InChI=1S/C27H26FIO4/c1-27(30)22-14-13-21(32-24-4-2-3-15-31-24)16-23(22)33-26(18-7-11-20(29)12-8-18)25(27)17-5-9-19(28)10-6-17/h5-14,16,24-26,30H,2-4,15H2,1H3. The molecule has 5 rings (SSSR count). The second-order valence-electron chi connectivity index (χ2n) is 8.84. The molecule has 2 heterocycles. The summed E-state index contributed by atoms with van der Waals surface area (Å²) >= 11 is 2.26. The van der Waals surface area contributed by atoms with Crippen LogP contribution in [0.1, 0.15) is 54.9 Å².